The first-order valence-corrected chi connectivity index (χ1v) is 6.56. The Bertz CT molecular complexity index is 525. The van der Waals surface area contributed by atoms with Crippen molar-refractivity contribution < 1.29 is 19.1 Å². The number of rotatable bonds is 4. The van der Waals surface area contributed by atoms with Gasteiger partial charge in [0.1, 0.15) is 0 Å². The molecule has 1 aromatic carbocycles. The lowest BCUT2D eigenvalue weighted by Gasteiger charge is -2.19. The van der Waals surface area contributed by atoms with Crippen LogP contribution in [0, 0.1) is 12.8 Å². The summed E-state index contributed by atoms with van der Waals surface area (Å²) in [7, 11) is 2.75. The second kappa shape index (κ2) is 7.42. The Kier molecular flexibility index (Phi) is 5.90. The Labute approximate surface area is 124 Å². The molecule has 0 saturated heterocycles. The second-order valence-electron chi connectivity index (χ2n) is 4.93. The molecule has 6 nitrogen and oxygen atoms in total. The van der Waals surface area contributed by atoms with Gasteiger partial charge < -0.3 is 15.0 Å². The van der Waals surface area contributed by atoms with Gasteiger partial charge in [0, 0.05) is 19.3 Å². The van der Waals surface area contributed by atoms with Crippen molar-refractivity contribution in [2.45, 2.75) is 13.8 Å². The molecule has 0 saturated carbocycles. The van der Waals surface area contributed by atoms with Crippen LogP contribution in [0.4, 0.5) is 5.69 Å². The fourth-order valence-electron chi connectivity index (χ4n) is 1.76. The highest BCUT2D eigenvalue weighted by Gasteiger charge is 2.23. The zero-order valence-corrected chi connectivity index (χ0v) is 12.7. The molecule has 1 aromatic rings. The predicted octanol–water partition coefficient (Wildman–Crippen LogP) is 1.20. The molecular formula is C15H20N2O4. The van der Waals surface area contributed by atoms with Crippen LogP contribution in [0.1, 0.15) is 12.5 Å². The van der Waals surface area contributed by atoms with Gasteiger partial charge in [-0.3, -0.25) is 14.4 Å². The van der Waals surface area contributed by atoms with Crippen molar-refractivity contribution in [3.8, 4) is 0 Å². The summed E-state index contributed by atoms with van der Waals surface area (Å²) in [5, 5.41) is 2.52. The third-order valence-electron chi connectivity index (χ3n) is 3.00. The number of esters is 1. The SMILES string of the molecule is COC(=O)C(C)CN(C)C(=O)C(=O)Nc1ccc(C)cc1. The first kappa shape index (κ1) is 16.7. The van der Waals surface area contributed by atoms with Gasteiger partial charge in [-0.1, -0.05) is 24.6 Å². The molecule has 6 heteroatoms. The molecule has 1 rings (SSSR count). The van der Waals surface area contributed by atoms with Gasteiger partial charge in [0.25, 0.3) is 0 Å². The molecule has 2 amide bonds. The lowest BCUT2D eigenvalue weighted by Crippen LogP contribution is -2.40. The van der Waals surface area contributed by atoms with Gasteiger partial charge in [-0.2, -0.15) is 0 Å². The number of ether oxygens (including phenoxy) is 1. The quantitative estimate of drug-likeness (QED) is 0.668. The number of nitrogens with one attached hydrogen (secondary N) is 1. The maximum absolute atomic E-state index is 11.9. The van der Waals surface area contributed by atoms with Crippen LogP contribution >= 0.6 is 0 Å². The van der Waals surface area contributed by atoms with Crippen LogP contribution < -0.4 is 5.32 Å². The van der Waals surface area contributed by atoms with E-state index in [2.05, 4.69) is 10.1 Å². The average molecular weight is 292 g/mol. The molecule has 0 aliphatic carbocycles. The second-order valence-corrected chi connectivity index (χ2v) is 4.93. The van der Waals surface area contributed by atoms with Crippen molar-refractivity contribution in [2.24, 2.45) is 5.92 Å². The van der Waals surface area contributed by atoms with Crippen LogP contribution in [0.5, 0.6) is 0 Å². The van der Waals surface area contributed by atoms with Gasteiger partial charge in [0.15, 0.2) is 0 Å². The van der Waals surface area contributed by atoms with E-state index in [1.165, 1.54) is 19.1 Å². The van der Waals surface area contributed by atoms with Gasteiger partial charge in [-0.25, -0.2) is 0 Å². The number of benzene rings is 1. The standard InChI is InChI=1S/C15H20N2O4/c1-10-5-7-12(8-6-10)16-13(18)14(19)17(3)9-11(2)15(20)21-4/h5-8,11H,9H2,1-4H3,(H,16,18). The molecule has 0 bridgehead atoms. The number of carbonyl (C=O) groups excluding carboxylic acids is 3. The summed E-state index contributed by atoms with van der Waals surface area (Å²) in [4.78, 5) is 36.3. The molecule has 1 atom stereocenters. The summed E-state index contributed by atoms with van der Waals surface area (Å²) in [6.45, 7) is 3.68. The zero-order chi connectivity index (χ0) is 16.0. The van der Waals surface area contributed by atoms with Crippen molar-refractivity contribution in [1.82, 2.24) is 4.90 Å². The Morgan fingerprint density at radius 1 is 1.24 bits per heavy atom. The number of hydrogen-bond donors (Lipinski definition) is 1. The van der Waals surface area contributed by atoms with E-state index in [0.717, 1.165) is 5.56 Å². The number of likely N-dealkylation sites (N-methyl/N-ethyl adjacent to an activating group) is 1. The van der Waals surface area contributed by atoms with Gasteiger partial charge >= 0.3 is 17.8 Å². The number of anilines is 1. The fraction of sp³-hybridized carbons (Fsp3) is 0.400. The monoisotopic (exact) mass is 292 g/mol. The molecule has 0 radical (unpaired) electrons. The minimum atomic E-state index is -0.738. The summed E-state index contributed by atoms with van der Waals surface area (Å²) in [6, 6.07) is 7.11. The van der Waals surface area contributed by atoms with Gasteiger partial charge in [-0.05, 0) is 19.1 Å². The van der Waals surface area contributed by atoms with Gasteiger partial charge in [0.2, 0.25) is 0 Å². The Morgan fingerprint density at radius 2 is 1.81 bits per heavy atom. The minimum Gasteiger partial charge on any atom is -0.469 e. The van der Waals surface area contributed by atoms with Crippen molar-refractivity contribution in [3.05, 3.63) is 29.8 Å². The highest BCUT2D eigenvalue weighted by Crippen LogP contribution is 2.09. The number of methoxy groups -OCH3 is 1. The first-order valence-electron chi connectivity index (χ1n) is 6.56. The molecular weight excluding hydrogens is 272 g/mol. The lowest BCUT2D eigenvalue weighted by atomic mass is 10.1. The van der Waals surface area contributed by atoms with Crippen LogP contribution in [-0.2, 0) is 19.1 Å². The number of aryl methyl sites for hydroxylation is 1. The topological polar surface area (TPSA) is 75.7 Å². The normalized spacial score (nSPS) is 11.4. The van der Waals surface area contributed by atoms with E-state index in [0.29, 0.717) is 5.69 Å². The molecule has 0 aliphatic rings. The number of amides is 2. The highest BCUT2D eigenvalue weighted by atomic mass is 16.5. The molecule has 0 fully saturated rings. The molecule has 1 unspecified atom stereocenters. The Balaban J connectivity index is 2.59. The zero-order valence-electron chi connectivity index (χ0n) is 12.7. The van der Waals surface area contributed by atoms with E-state index in [1.54, 1.807) is 19.1 Å². The van der Waals surface area contributed by atoms with Crippen molar-refractivity contribution >= 4 is 23.5 Å². The van der Waals surface area contributed by atoms with E-state index in [4.69, 9.17) is 0 Å². The highest BCUT2D eigenvalue weighted by molar-refractivity contribution is 6.39. The van der Waals surface area contributed by atoms with Crippen molar-refractivity contribution in [2.75, 3.05) is 26.0 Å². The molecule has 1 N–H and O–H groups in total. The summed E-state index contributed by atoms with van der Waals surface area (Å²) in [6.07, 6.45) is 0. The molecule has 0 spiro atoms. The van der Waals surface area contributed by atoms with E-state index >= 15 is 0 Å². The fourth-order valence-corrected chi connectivity index (χ4v) is 1.76. The van der Waals surface area contributed by atoms with Crippen LogP contribution in [-0.4, -0.2) is 43.4 Å². The lowest BCUT2D eigenvalue weighted by molar-refractivity contribution is -0.148. The van der Waals surface area contributed by atoms with E-state index in [9.17, 15) is 14.4 Å². The molecule has 0 heterocycles. The summed E-state index contributed by atoms with van der Waals surface area (Å²) < 4.78 is 4.58. The maximum Gasteiger partial charge on any atom is 0.313 e. The van der Waals surface area contributed by atoms with Gasteiger partial charge in [0.05, 0.1) is 13.0 Å². The van der Waals surface area contributed by atoms with Crippen molar-refractivity contribution in [3.63, 3.8) is 0 Å². The minimum absolute atomic E-state index is 0.118. The van der Waals surface area contributed by atoms with E-state index in [1.807, 2.05) is 19.1 Å². The summed E-state index contributed by atoms with van der Waals surface area (Å²) in [5.74, 6) is -2.35. The van der Waals surface area contributed by atoms with E-state index < -0.39 is 23.7 Å². The largest absolute Gasteiger partial charge is 0.469 e. The molecule has 0 aromatic heterocycles. The molecule has 114 valence electrons. The van der Waals surface area contributed by atoms with Crippen LogP contribution in [0.3, 0.4) is 0 Å². The summed E-state index contributed by atoms with van der Waals surface area (Å²) >= 11 is 0. The van der Waals surface area contributed by atoms with Crippen LogP contribution in [0.2, 0.25) is 0 Å². The predicted molar refractivity (Wildman–Crippen MR) is 78.6 cm³/mol. The molecule has 21 heavy (non-hydrogen) atoms. The van der Waals surface area contributed by atoms with Crippen LogP contribution in [0.15, 0.2) is 24.3 Å². The van der Waals surface area contributed by atoms with Crippen LogP contribution in [0.25, 0.3) is 0 Å². The number of hydrogen-bond acceptors (Lipinski definition) is 4. The number of carbonyl (C=O) groups is 3. The smallest absolute Gasteiger partial charge is 0.313 e. The Hall–Kier alpha value is -2.37. The summed E-state index contributed by atoms with van der Waals surface area (Å²) in [5.41, 5.74) is 1.61. The molecule has 0 aliphatic heterocycles. The number of nitrogens with zero attached hydrogens (tertiary/aromatic N) is 1. The Morgan fingerprint density at radius 3 is 2.33 bits per heavy atom. The third-order valence-corrected chi connectivity index (χ3v) is 3.00. The van der Waals surface area contributed by atoms with E-state index in [-0.39, 0.29) is 6.54 Å². The first-order chi connectivity index (χ1) is 9.85. The van der Waals surface area contributed by atoms with Gasteiger partial charge in [-0.15, -0.1) is 0 Å². The maximum atomic E-state index is 11.9. The third kappa shape index (κ3) is 4.91. The average Bonchev–Trinajstić information content (AvgIpc) is 2.47. The van der Waals surface area contributed by atoms with Crippen molar-refractivity contribution in [1.29, 1.82) is 0 Å².